The first-order valence-corrected chi connectivity index (χ1v) is 8.82. The average molecular weight is 425 g/mol. The van der Waals surface area contributed by atoms with Crippen LogP contribution in [0.3, 0.4) is 0 Å². The van der Waals surface area contributed by atoms with Crippen LogP contribution in [-0.2, 0) is 13.2 Å². The second-order valence-corrected chi connectivity index (χ2v) is 7.05. The van der Waals surface area contributed by atoms with Gasteiger partial charge in [-0.2, -0.15) is 0 Å². The summed E-state index contributed by atoms with van der Waals surface area (Å²) in [4.78, 5) is 2.30. The second-order valence-electron chi connectivity index (χ2n) is 5.89. The van der Waals surface area contributed by atoms with Crippen LogP contribution in [0, 0.1) is 3.57 Å². The van der Waals surface area contributed by atoms with Gasteiger partial charge in [-0.15, -0.1) is 0 Å². The highest BCUT2D eigenvalue weighted by Gasteiger charge is 2.13. The second kappa shape index (κ2) is 8.55. The maximum atomic E-state index is 6.01. The Balaban J connectivity index is 2.16. The Morgan fingerprint density at radius 1 is 1.09 bits per heavy atom. The molecule has 0 aliphatic heterocycles. The summed E-state index contributed by atoms with van der Waals surface area (Å²) in [5, 5.41) is 0. The predicted octanol–water partition coefficient (Wildman–Crippen LogP) is 4.72. The first-order chi connectivity index (χ1) is 11.0. The van der Waals surface area contributed by atoms with Gasteiger partial charge in [0.2, 0.25) is 0 Å². The fourth-order valence-electron chi connectivity index (χ4n) is 2.20. The number of hydrogen-bond donors (Lipinski definition) is 0. The van der Waals surface area contributed by atoms with Crippen LogP contribution in [0.2, 0.25) is 0 Å². The molecule has 0 aliphatic carbocycles. The summed E-state index contributed by atoms with van der Waals surface area (Å²) in [6.07, 6.45) is 0. The molecule has 0 spiro atoms. The minimum absolute atomic E-state index is 0.507. The Morgan fingerprint density at radius 2 is 1.78 bits per heavy atom. The molecule has 0 atom stereocenters. The zero-order chi connectivity index (χ0) is 16.8. The van der Waals surface area contributed by atoms with Crippen molar-refractivity contribution in [2.75, 3.05) is 14.2 Å². The Hall–Kier alpha value is -1.27. The van der Waals surface area contributed by atoms with Crippen LogP contribution in [0.5, 0.6) is 11.5 Å². The highest BCUT2D eigenvalue weighted by atomic mass is 127. The van der Waals surface area contributed by atoms with Crippen LogP contribution < -0.4 is 9.47 Å². The minimum atomic E-state index is 0.507. The van der Waals surface area contributed by atoms with E-state index in [9.17, 15) is 0 Å². The molecule has 2 aromatic carbocycles. The molecule has 0 aromatic heterocycles. The molecule has 0 heterocycles. The molecule has 23 heavy (non-hydrogen) atoms. The summed E-state index contributed by atoms with van der Waals surface area (Å²) in [6.45, 7) is 5.82. The molecule has 2 rings (SSSR count). The van der Waals surface area contributed by atoms with E-state index in [-0.39, 0.29) is 0 Å². The van der Waals surface area contributed by atoms with Crippen LogP contribution in [0.4, 0.5) is 0 Å². The van der Waals surface area contributed by atoms with Crippen LogP contribution in [0.15, 0.2) is 42.5 Å². The highest BCUT2D eigenvalue weighted by Crippen LogP contribution is 2.35. The maximum Gasteiger partial charge on any atom is 0.174 e. The van der Waals surface area contributed by atoms with Crippen molar-refractivity contribution < 1.29 is 9.47 Å². The van der Waals surface area contributed by atoms with Crippen molar-refractivity contribution in [2.45, 2.75) is 33.0 Å². The highest BCUT2D eigenvalue weighted by molar-refractivity contribution is 14.1. The van der Waals surface area contributed by atoms with E-state index in [1.165, 1.54) is 5.56 Å². The lowest BCUT2D eigenvalue weighted by atomic mass is 10.1. The van der Waals surface area contributed by atoms with Crippen molar-refractivity contribution in [1.82, 2.24) is 4.90 Å². The number of methoxy groups -OCH3 is 1. The van der Waals surface area contributed by atoms with Crippen molar-refractivity contribution in [3.63, 3.8) is 0 Å². The molecule has 0 radical (unpaired) electrons. The molecule has 3 nitrogen and oxygen atoms in total. The molecule has 0 N–H and O–H groups in total. The van der Waals surface area contributed by atoms with E-state index in [0.717, 1.165) is 27.2 Å². The predicted molar refractivity (Wildman–Crippen MR) is 103 cm³/mol. The van der Waals surface area contributed by atoms with Crippen molar-refractivity contribution >= 4 is 22.6 Å². The first kappa shape index (κ1) is 18.1. The van der Waals surface area contributed by atoms with Crippen LogP contribution >= 0.6 is 22.6 Å². The molecular formula is C19H24INO2. The molecule has 0 saturated carbocycles. The molecule has 0 unspecified atom stereocenters. The number of benzene rings is 2. The Labute approximate surface area is 152 Å². The third-order valence-electron chi connectivity index (χ3n) is 3.83. The lowest BCUT2D eigenvalue weighted by Gasteiger charge is -2.22. The minimum Gasteiger partial charge on any atom is -0.493 e. The first-order valence-electron chi connectivity index (χ1n) is 7.74. The van der Waals surface area contributed by atoms with Crippen LogP contribution in [0.25, 0.3) is 0 Å². The standard InChI is InChI=1S/C19H24INO2/c1-14(2)21(3)12-16-10-17(20)19(18(11-16)22-4)23-13-15-8-6-5-7-9-15/h5-11,14H,12-13H2,1-4H3. The molecule has 0 aliphatic rings. The number of ether oxygens (including phenoxy) is 2. The number of hydrogen-bond acceptors (Lipinski definition) is 3. The summed E-state index contributed by atoms with van der Waals surface area (Å²) in [5.41, 5.74) is 2.38. The van der Waals surface area contributed by atoms with Crippen molar-refractivity contribution in [2.24, 2.45) is 0 Å². The quantitative estimate of drug-likeness (QED) is 0.600. The monoisotopic (exact) mass is 425 g/mol. The lowest BCUT2D eigenvalue weighted by molar-refractivity contribution is 0.263. The van der Waals surface area contributed by atoms with E-state index in [1.807, 2.05) is 18.2 Å². The molecule has 124 valence electrons. The summed E-state index contributed by atoms with van der Waals surface area (Å²) in [7, 11) is 3.82. The van der Waals surface area contributed by atoms with E-state index >= 15 is 0 Å². The summed E-state index contributed by atoms with van der Waals surface area (Å²) in [6, 6.07) is 14.9. The van der Waals surface area contributed by atoms with Crippen molar-refractivity contribution in [3.05, 3.63) is 57.2 Å². The summed E-state index contributed by atoms with van der Waals surface area (Å²) in [5.74, 6) is 1.60. The van der Waals surface area contributed by atoms with Gasteiger partial charge in [0, 0.05) is 12.6 Å². The van der Waals surface area contributed by atoms with E-state index in [4.69, 9.17) is 9.47 Å². The van der Waals surface area contributed by atoms with Gasteiger partial charge in [-0.1, -0.05) is 30.3 Å². The van der Waals surface area contributed by atoms with Gasteiger partial charge in [0.05, 0.1) is 10.7 Å². The molecule has 0 bridgehead atoms. The van der Waals surface area contributed by atoms with Crippen LogP contribution in [0.1, 0.15) is 25.0 Å². The Bertz CT molecular complexity index is 629. The van der Waals surface area contributed by atoms with E-state index in [1.54, 1.807) is 7.11 Å². The molecule has 4 heteroatoms. The fraction of sp³-hybridized carbons (Fsp3) is 0.368. The summed E-state index contributed by atoms with van der Waals surface area (Å²) < 4.78 is 12.6. The Morgan fingerprint density at radius 3 is 2.39 bits per heavy atom. The largest absolute Gasteiger partial charge is 0.493 e. The van der Waals surface area contributed by atoms with Gasteiger partial charge in [-0.3, -0.25) is 4.90 Å². The molecular weight excluding hydrogens is 401 g/mol. The zero-order valence-corrected chi connectivity index (χ0v) is 16.3. The van der Waals surface area contributed by atoms with Crippen molar-refractivity contribution in [1.29, 1.82) is 0 Å². The molecule has 0 saturated heterocycles. The normalized spacial score (nSPS) is 11.1. The molecule has 0 amide bonds. The number of nitrogens with zero attached hydrogens (tertiary/aromatic N) is 1. The summed E-state index contributed by atoms with van der Waals surface area (Å²) >= 11 is 2.32. The topological polar surface area (TPSA) is 21.7 Å². The van der Waals surface area contributed by atoms with Gasteiger partial charge in [-0.05, 0) is 66.7 Å². The zero-order valence-electron chi connectivity index (χ0n) is 14.2. The smallest absolute Gasteiger partial charge is 0.174 e. The van der Waals surface area contributed by atoms with E-state index < -0.39 is 0 Å². The van der Waals surface area contributed by atoms with Gasteiger partial charge in [0.1, 0.15) is 6.61 Å². The number of rotatable bonds is 7. The van der Waals surface area contributed by atoms with Gasteiger partial charge >= 0.3 is 0 Å². The SMILES string of the molecule is COc1cc(CN(C)C(C)C)cc(I)c1OCc1ccccc1. The number of halogens is 1. The molecule has 0 fully saturated rings. The maximum absolute atomic E-state index is 6.01. The van der Waals surface area contributed by atoms with Gasteiger partial charge in [0.25, 0.3) is 0 Å². The average Bonchev–Trinajstić information content (AvgIpc) is 2.54. The lowest BCUT2D eigenvalue weighted by Crippen LogP contribution is -2.25. The third-order valence-corrected chi connectivity index (χ3v) is 4.63. The van der Waals surface area contributed by atoms with Crippen molar-refractivity contribution in [3.8, 4) is 11.5 Å². The van der Waals surface area contributed by atoms with E-state index in [2.05, 4.69) is 72.7 Å². The van der Waals surface area contributed by atoms with Crippen LogP contribution in [-0.4, -0.2) is 25.1 Å². The Kier molecular flexibility index (Phi) is 6.72. The fourth-order valence-corrected chi connectivity index (χ4v) is 3.03. The van der Waals surface area contributed by atoms with Gasteiger partial charge in [0.15, 0.2) is 11.5 Å². The molecule has 2 aromatic rings. The van der Waals surface area contributed by atoms with Gasteiger partial charge < -0.3 is 9.47 Å². The van der Waals surface area contributed by atoms with Gasteiger partial charge in [-0.25, -0.2) is 0 Å². The van der Waals surface area contributed by atoms with E-state index in [0.29, 0.717) is 12.6 Å². The third kappa shape index (κ3) is 5.11.